The number of aromatic nitrogens is 4. The number of imidazole rings is 1. The summed E-state index contributed by atoms with van der Waals surface area (Å²) in [7, 11) is 0. The standard InChI is InChI=1S/C42H30N4/c1-42(46-37-16-8-4-12-33(37)40-39(46)24-27-44-38-17-9-5-13-34(38)43-41(40)44)25-22-29(23-26-42)28-18-20-30(21-19-28)45-35-14-6-2-10-31(35)32-11-3-7-15-36(32)45/h2-25,27H,26H2,1H3. The van der Waals surface area contributed by atoms with Crippen LogP contribution in [-0.2, 0) is 5.54 Å². The molecule has 1 unspecified atom stereocenters. The second kappa shape index (κ2) is 9.32. The Morgan fingerprint density at radius 1 is 0.609 bits per heavy atom. The van der Waals surface area contributed by atoms with E-state index in [2.05, 4.69) is 172 Å². The summed E-state index contributed by atoms with van der Waals surface area (Å²) in [4.78, 5) is 5.10. The Kier molecular flexibility index (Phi) is 5.16. The molecule has 46 heavy (non-hydrogen) atoms. The van der Waals surface area contributed by atoms with Crippen molar-refractivity contribution in [3.05, 3.63) is 157 Å². The molecule has 4 nitrogen and oxygen atoms in total. The van der Waals surface area contributed by atoms with Gasteiger partial charge in [-0.2, -0.15) is 0 Å². The quantitative estimate of drug-likeness (QED) is 0.201. The molecule has 0 bridgehead atoms. The predicted molar refractivity (Wildman–Crippen MR) is 192 cm³/mol. The monoisotopic (exact) mass is 590 g/mol. The van der Waals surface area contributed by atoms with Crippen LogP contribution in [0.4, 0.5) is 0 Å². The van der Waals surface area contributed by atoms with E-state index < -0.39 is 0 Å². The molecular formula is C42H30N4. The van der Waals surface area contributed by atoms with Crippen molar-refractivity contribution in [1.29, 1.82) is 0 Å². The van der Waals surface area contributed by atoms with Gasteiger partial charge in [-0.15, -0.1) is 0 Å². The Morgan fingerprint density at radius 3 is 1.93 bits per heavy atom. The maximum atomic E-state index is 5.10. The van der Waals surface area contributed by atoms with Crippen molar-refractivity contribution >= 4 is 65.9 Å². The average Bonchev–Trinajstić information content (AvgIpc) is 3.77. The van der Waals surface area contributed by atoms with Gasteiger partial charge in [0.1, 0.15) is 5.65 Å². The van der Waals surface area contributed by atoms with E-state index >= 15 is 0 Å². The lowest BCUT2D eigenvalue weighted by Gasteiger charge is -2.32. The first kappa shape index (κ1) is 25.5. The molecule has 0 radical (unpaired) electrons. The van der Waals surface area contributed by atoms with E-state index in [-0.39, 0.29) is 5.54 Å². The van der Waals surface area contributed by atoms with Gasteiger partial charge in [-0.25, -0.2) is 4.98 Å². The summed E-state index contributed by atoms with van der Waals surface area (Å²) in [5.41, 5.74) is 11.5. The van der Waals surface area contributed by atoms with E-state index in [0.717, 1.165) is 23.1 Å². The third-order valence-electron chi connectivity index (χ3n) is 10.0. The molecule has 0 aliphatic heterocycles. The zero-order chi connectivity index (χ0) is 30.4. The molecule has 0 saturated carbocycles. The number of pyridine rings is 1. The molecule has 0 N–H and O–H groups in total. The summed E-state index contributed by atoms with van der Waals surface area (Å²) >= 11 is 0. The summed E-state index contributed by atoms with van der Waals surface area (Å²) < 4.78 is 7.12. The predicted octanol–water partition coefficient (Wildman–Crippen LogP) is 10.5. The SMILES string of the molecule is CC1(n2c3ccccc3c3c2ccn2c4ccccc4nc32)C=CC(c2ccc(-n3c4ccccc4c4ccccc43)cc2)=CC1. The van der Waals surface area contributed by atoms with Crippen molar-refractivity contribution in [2.45, 2.75) is 18.9 Å². The maximum Gasteiger partial charge on any atom is 0.148 e. The van der Waals surface area contributed by atoms with Crippen molar-refractivity contribution in [1.82, 2.24) is 18.5 Å². The van der Waals surface area contributed by atoms with Crippen LogP contribution in [0.15, 0.2) is 152 Å². The molecule has 1 atom stereocenters. The Hall–Kier alpha value is -5.87. The van der Waals surface area contributed by atoms with E-state index in [4.69, 9.17) is 4.98 Å². The second-order valence-electron chi connectivity index (χ2n) is 12.7. The fourth-order valence-corrected chi connectivity index (χ4v) is 7.83. The zero-order valence-electron chi connectivity index (χ0n) is 25.4. The highest BCUT2D eigenvalue weighted by molar-refractivity contribution is 6.15. The number of fused-ring (bicyclic) bond motifs is 10. The molecule has 1 aliphatic carbocycles. The van der Waals surface area contributed by atoms with Crippen LogP contribution in [0.1, 0.15) is 18.9 Å². The fourth-order valence-electron chi connectivity index (χ4n) is 7.83. The van der Waals surface area contributed by atoms with Gasteiger partial charge in [-0.3, -0.25) is 4.40 Å². The summed E-state index contributed by atoms with van der Waals surface area (Å²) in [5.74, 6) is 0. The molecule has 10 rings (SSSR count). The van der Waals surface area contributed by atoms with Gasteiger partial charge in [-0.05, 0) is 73.0 Å². The molecular weight excluding hydrogens is 560 g/mol. The molecule has 0 saturated heterocycles. The van der Waals surface area contributed by atoms with Crippen LogP contribution < -0.4 is 0 Å². The molecule has 4 heterocycles. The van der Waals surface area contributed by atoms with Gasteiger partial charge in [0.25, 0.3) is 0 Å². The normalized spacial score (nSPS) is 16.8. The van der Waals surface area contributed by atoms with Crippen LogP contribution in [0.25, 0.3) is 71.6 Å². The van der Waals surface area contributed by atoms with Crippen molar-refractivity contribution in [2.75, 3.05) is 0 Å². The smallest absolute Gasteiger partial charge is 0.148 e. The van der Waals surface area contributed by atoms with E-state index in [1.165, 1.54) is 60.4 Å². The zero-order valence-corrected chi connectivity index (χ0v) is 25.4. The first-order valence-corrected chi connectivity index (χ1v) is 16.0. The van der Waals surface area contributed by atoms with E-state index in [0.29, 0.717) is 0 Å². The lowest BCUT2D eigenvalue weighted by atomic mass is 9.87. The third kappa shape index (κ3) is 3.47. The lowest BCUT2D eigenvalue weighted by Crippen LogP contribution is -2.28. The number of hydrogen-bond donors (Lipinski definition) is 0. The van der Waals surface area contributed by atoms with Crippen LogP contribution in [0, 0.1) is 0 Å². The average molecular weight is 591 g/mol. The Labute approximate surface area is 265 Å². The minimum Gasteiger partial charge on any atom is -0.330 e. The highest BCUT2D eigenvalue weighted by Gasteiger charge is 2.30. The first-order chi connectivity index (χ1) is 22.7. The fraction of sp³-hybridized carbons (Fsp3) is 0.0714. The first-order valence-electron chi connectivity index (χ1n) is 16.0. The highest BCUT2D eigenvalue weighted by atomic mass is 15.1. The van der Waals surface area contributed by atoms with Gasteiger partial charge in [0.2, 0.25) is 0 Å². The van der Waals surface area contributed by atoms with Gasteiger partial charge in [0.15, 0.2) is 0 Å². The molecule has 218 valence electrons. The highest BCUT2D eigenvalue weighted by Crippen LogP contribution is 2.41. The van der Waals surface area contributed by atoms with E-state index in [1.54, 1.807) is 0 Å². The number of allylic oxidation sites excluding steroid dienone is 4. The van der Waals surface area contributed by atoms with Crippen molar-refractivity contribution in [3.8, 4) is 5.69 Å². The van der Waals surface area contributed by atoms with Gasteiger partial charge in [0, 0.05) is 28.0 Å². The summed E-state index contributed by atoms with van der Waals surface area (Å²) in [5, 5.41) is 5.01. The van der Waals surface area contributed by atoms with Crippen LogP contribution >= 0.6 is 0 Å². The molecule has 0 fully saturated rings. The molecule has 1 aliphatic rings. The molecule has 0 spiro atoms. The number of para-hydroxylation sites is 5. The molecule has 0 amide bonds. The topological polar surface area (TPSA) is 27.2 Å². The van der Waals surface area contributed by atoms with Crippen LogP contribution in [-0.4, -0.2) is 18.5 Å². The summed E-state index contributed by atoms with van der Waals surface area (Å²) in [6.07, 6.45) is 10.2. The van der Waals surface area contributed by atoms with Crippen molar-refractivity contribution in [2.24, 2.45) is 0 Å². The minimum absolute atomic E-state index is 0.224. The van der Waals surface area contributed by atoms with Gasteiger partial charge in [-0.1, -0.05) is 97.1 Å². The minimum atomic E-state index is -0.224. The van der Waals surface area contributed by atoms with Crippen LogP contribution in [0.5, 0.6) is 0 Å². The van der Waals surface area contributed by atoms with E-state index in [9.17, 15) is 0 Å². The molecule has 9 aromatic rings. The molecule has 4 heteroatoms. The molecule has 5 aromatic carbocycles. The number of benzene rings is 5. The van der Waals surface area contributed by atoms with Crippen molar-refractivity contribution < 1.29 is 0 Å². The summed E-state index contributed by atoms with van der Waals surface area (Å²) in [6, 6.07) is 45.8. The third-order valence-corrected chi connectivity index (χ3v) is 10.0. The van der Waals surface area contributed by atoms with Gasteiger partial charge >= 0.3 is 0 Å². The Balaban J connectivity index is 1.05. The van der Waals surface area contributed by atoms with Crippen LogP contribution in [0.3, 0.4) is 0 Å². The summed E-state index contributed by atoms with van der Waals surface area (Å²) in [6.45, 7) is 2.35. The van der Waals surface area contributed by atoms with Crippen molar-refractivity contribution in [3.63, 3.8) is 0 Å². The second-order valence-corrected chi connectivity index (χ2v) is 12.7. The number of hydrogen-bond acceptors (Lipinski definition) is 1. The largest absolute Gasteiger partial charge is 0.330 e. The number of rotatable bonds is 3. The molecule has 4 aromatic heterocycles. The Morgan fingerprint density at radius 2 is 1.24 bits per heavy atom. The number of nitrogens with zero attached hydrogens (tertiary/aromatic N) is 4. The van der Waals surface area contributed by atoms with Gasteiger partial charge in [0.05, 0.1) is 44.0 Å². The maximum absolute atomic E-state index is 5.10. The van der Waals surface area contributed by atoms with E-state index in [1.807, 2.05) is 0 Å². The van der Waals surface area contributed by atoms with Gasteiger partial charge < -0.3 is 9.13 Å². The Bertz CT molecular complexity index is 2680. The lowest BCUT2D eigenvalue weighted by molar-refractivity contribution is 0.438. The van der Waals surface area contributed by atoms with Crippen LogP contribution in [0.2, 0.25) is 0 Å².